The Kier molecular flexibility index (Phi) is 4.57. The molecule has 0 unspecified atom stereocenters. The summed E-state index contributed by atoms with van der Waals surface area (Å²) in [5.41, 5.74) is 0.736. The van der Waals surface area contributed by atoms with Crippen molar-refractivity contribution in [2.24, 2.45) is 0 Å². The largest absolute Gasteiger partial charge is 0.383 e. The van der Waals surface area contributed by atoms with E-state index in [4.69, 9.17) is 9.26 Å². The zero-order valence-electron chi connectivity index (χ0n) is 12.2. The minimum absolute atomic E-state index is 0.439. The van der Waals surface area contributed by atoms with Gasteiger partial charge in [-0.2, -0.15) is 4.98 Å². The summed E-state index contributed by atoms with van der Waals surface area (Å²) < 4.78 is 10.7. The quantitative estimate of drug-likeness (QED) is 0.840. The van der Waals surface area contributed by atoms with Gasteiger partial charge in [0.05, 0.1) is 13.2 Å². The Labute approximate surface area is 124 Å². The second-order valence-corrected chi connectivity index (χ2v) is 5.30. The van der Waals surface area contributed by atoms with E-state index in [2.05, 4.69) is 20.0 Å². The predicted octanol–water partition coefficient (Wildman–Crippen LogP) is 2.13. The molecule has 112 valence electrons. The molecule has 3 rings (SSSR count). The molecule has 0 spiro atoms. The summed E-state index contributed by atoms with van der Waals surface area (Å²) in [6, 6.07) is 6.10. The standard InChI is InChI=1S/C15H20N4O2/c1-20-11-12-6-3-5-9-19(12)10-14-17-15(18-21-14)13-7-2-4-8-16-13/h2,4,7-8,12H,3,5-6,9-11H2,1H3/t12-/m0/s1. The number of rotatable bonds is 5. The Morgan fingerprint density at radius 1 is 1.38 bits per heavy atom. The number of ether oxygens (including phenoxy) is 1. The van der Waals surface area contributed by atoms with E-state index in [-0.39, 0.29) is 0 Å². The van der Waals surface area contributed by atoms with E-state index in [1.54, 1.807) is 13.3 Å². The van der Waals surface area contributed by atoms with Crippen molar-refractivity contribution in [3.8, 4) is 11.5 Å². The van der Waals surface area contributed by atoms with Gasteiger partial charge in [-0.1, -0.05) is 17.6 Å². The van der Waals surface area contributed by atoms with Gasteiger partial charge in [-0.25, -0.2) is 0 Å². The van der Waals surface area contributed by atoms with Gasteiger partial charge in [0.15, 0.2) is 0 Å². The zero-order chi connectivity index (χ0) is 14.5. The number of aromatic nitrogens is 3. The minimum atomic E-state index is 0.439. The summed E-state index contributed by atoms with van der Waals surface area (Å²) in [5.74, 6) is 1.18. The molecule has 0 aromatic carbocycles. The van der Waals surface area contributed by atoms with Crippen LogP contribution in [0.5, 0.6) is 0 Å². The normalized spacial score (nSPS) is 19.8. The molecule has 0 amide bonds. The fourth-order valence-electron chi connectivity index (χ4n) is 2.74. The summed E-state index contributed by atoms with van der Waals surface area (Å²) >= 11 is 0. The van der Waals surface area contributed by atoms with Gasteiger partial charge in [0.1, 0.15) is 5.69 Å². The first kappa shape index (κ1) is 14.2. The number of hydrogen-bond donors (Lipinski definition) is 0. The van der Waals surface area contributed by atoms with Crippen molar-refractivity contribution >= 4 is 0 Å². The van der Waals surface area contributed by atoms with Gasteiger partial charge < -0.3 is 9.26 Å². The van der Waals surface area contributed by atoms with E-state index in [1.165, 1.54) is 12.8 Å². The van der Waals surface area contributed by atoms with Gasteiger partial charge in [0.25, 0.3) is 0 Å². The molecule has 0 bridgehead atoms. The van der Waals surface area contributed by atoms with Crippen LogP contribution in [0.1, 0.15) is 25.2 Å². The van der Waals surface area contributed by atoms with Crippen LogP contribution in [-0.4, -0.2) is 46.3 Å². The van der Waals surface area contributed by atoms with Crippen molar-refractivity contribution in [3.05, 3.63) is 30.3 Å². The van der Waals surface area contributed by atoms with Crippen LogP contribution in [0.3, 0.4) is 0 Å². The van der Waals surface area contributed by atoms with Crippen LogP contribution in [0, 0.1) is 0 Å². The summed E-state index contributed by atoms with van der Waals surface area (Å²) in [7, 11) is 1.75. The summed E-state index contributed by atoms with van der Waals surface area (Å²) in [4.78, 5) is 11.0. The van der Waals surface area contributed by atoms with Crippen molar-refractivity contribution in [2.45, 2.75) is 31.8 Å². The second-order valence-electron chi connectivity index (χ2n) is 5.30. The molecule has 1 aliphatic heterocycles. The lowest BCUT2D eigenvalue weighted by Gasteiger charge is -2.34. The van der Waals surface area contributed by atoms with Gasteiger partial charge in [0, 0.05) is 19.3 Å². The van der Waals surface area contributed by atoms with Gasteiger partial charge in [-0.15, -0.1) is 0 Å². The summed E-state index contributed by atoms with van der Waals surface area (Å²) in [6.45, 7) is 2.48. The molecule has 0 N–H and O–H groups in total. The molecule has 6 nitrogen and oxygen atoms in total. The van der Waals surface area contributed by atoms with Crippen molar-refractivity contribution in [2.75, 3.05) is 20.3 Å². The highest BCUT2D eigenvalue weighted by atomic mass is 16.5. The van der Waals surface area contributed by atoms with E-state index in [1.807, 2.05) is 18.2 Å². The number of nitrogens with zero attached hydrogens (tertiary/aromatic N) is 4. The lowest BCUT2D eigenvalue weighted by molar-refractivity contribution is 0.0532. The van der Waals surface area contributed by atoms with Crippen LogP contribution in [0.2, 0.25) is 0 Å². The molecule has 2 aromatic rings. The number of pyridine rings is 1. The molecule has 6 heteroatoms. The first-order chi connectivity index (χ1) is 10.4. The van der Waals surface area contributed by atoms with E-state index >= 15 is 0 Å². The van der Waals surface area contributed by atoms with Crippen molar-refractivity contribution in [1.82, 2.24) is 20.0 Å². The van der Waals surface area contributed by atoms with Crippen molar-refractivity contribution < 1.29 is 9.26 Å². The molecule has 0 radical (unpaired) electrons. The fourth-order valence-corrected chi connectivity index (χ4v) is 2.74. The van der Waals surface area contributed by atoms with E-state index in [0.29, 0.717) is 24.3 Å². The van der Waals surface area contributed by atoms with Gasteiger partial charge in [-0.3, -0.25) is 9.88 Å². The number of piperidine rings is 1. The van der Waals surface area contributed by atoms with Crippen LogP contribution in [0.15, 0.2) is 28.9 Å². The Morgan fingerprint density at radius 3 is 3.14 bits per heavy atom. The van der Waals surface area contributed by atoms with Crippen LogP contribution >= 0.6 is 0 Å². The van der Waals surface area contributed by atoms with Crippen LogP contribution < -0.4 is 0 Å². The monoisotopic (exact) mass is 288 g/mol. The summed E-state index contributed by atoms with van der Waals surface area (Å²) in [5, 5.41) is 4.02. The topological polar surface area (TPSA) is 64.3 Å². The molecule has 1 fully saturated rings. The lowest BCUT2D eigenvalue weighted by atomic mass is 10.0. The molecule has 1 saturated heterocycles. The minimum Gasteiger partial charge on any atom is -0.383 e. The molecule has 0 aliphatic carbocycles. The maximum absolute atomic E-state index is 5.36. The van der Waals surface area contributed by atoms with Gasteiger partial charge in [0.2, 0.25) is 11.7 Å². The van der Waals surface area contributed by atoms with Gasteiger partial charge >= 0.3 is 0 Å². The molecule has 0 saturated carbocycles. The van der Waals surface area contributed by atoms with Crippen molar-refractivity contribution in [1.29, 1.82) is 0 Å². The predicted molar refractivity (Wildman–Crippen MR) is 77.5 cm³/mol. The van der Waals surface area contributed by atoms with E-state index < -0.39 is 0 Å². The third-order valence-corrected chi connectivity index (χ3v) is 3.81. The number of methoxy groups -OCH3 is 1. The fraction of sp³-hybridized carbons (Fsp3) is 0.533. The SMILES string of the molecule is COC[C@@H]1CCCCN1Cc1nc(-c2ccccn2)no1. The molecule has 2 aromatic heterocycles. The number of likely N-dealkylation sites (tertiary alicyclic amines) is 1. The highest BCUT2D eigenvalue weighted by Gasteiger charge is 2.24. The first-order valence-electron chi connectivity index (χ1n) is 7.34. The Balaban J connectivity index is 1.69. The highest BCUT2D eigenvalue weighted by molar-refractivity contribution is 5.46. The highest BCUT2D eigenvalue weighted by Crippen LogP contribution is 2.20. The Hall–Kier alpha value is -1.79. The average molecular weight is 288 g/mol. The van der Waals surface area contributed by atoms with Gasteiger partial charge in [-0.05, 0) is 31.5 Å². The zero-order valence-corrected chi connectivity index (χ0v) is 12.2. The molecule has 3 heterocycles. The maximum Gasteiger partial charge on any atom is 0.241 e. The second kappa shape index (κ2) is 6.78. The molecular weight excluding hydrogens is 268 g/mol. The van der Waals surface area contributed by atoms with Crippen molar-refractivity contribution in [3.63, 3.8) is 0 Å². The Morgan fingerprint density at radius 2 is 2.33 bits per heavy atom. The molecule has 1 aliphatic rings. The first-order valence-corrected chi connectivity index (χ1v) is 7.34. The third-order valence-electron chi connectivity index (χ3n) is 3.81. The van der Waals surface area contributed by atoms with E-state index in [0.717, 1.165) is 25.3 Å². The average Bonchev–Trinajstić information content (AvgIpc) is 2.99. The third kappa shape index (κ3) is 3.46. The van der Waals surface area contributed by atoms with Crippen LogP contribution in [0.4, 0.5) is 0 Å². The summed E-state index contributed by atoms with van der Waals surface area (Å²) in [6.07, 6.45) is 5.36. The molecule has 21 heavy (non-hydrogen) atoms. The molecule has 1 atom stereocenters. The maximum atomic E-state index is 5.36. The smallest absolute Gasteiger partial charge is 0.241 e. The number of hydrogen-bond acceptors (Lipinski definition) is 6. The van der Waals surface area contributed by atoms with Crippen LogP contribution in [0.25, 0.3) is 11.5 Å². The Bertz CT molecular complexity index is 556. The molecular formula is C15H20N4O2. The van der Waals surface area contributed by atoms with Crippen LogP contribution in [-0.2, 0) is 11.3 Å². The van der Waals surface area contributed by atoms with E-state index in [9.17, 15) is 0 Å². The lowest BCUT2D eigenvalue weighted by Crippen LogP contribution is -2.41.